The molecule has 0 aliphatic heterocycles. The summed E-state index contributed by atoms with van der Waals surface area (Å²) < 4.78 is 12.0. The summed E-state index contributed by atoms with van der Waals surface area (Å²) in [7, 11) is 1.78. The fraction of sp³-hybridized carbons (Fsp3) is 0.914. The Kier molecular flexibility index (Phi) is 10.9. The number of rotatable bonds is 9. The number of hydrogen-bond acceptors (Lipinski definition) is 5. The molecule has 0 spiro atoms. The van der Waals surface area contributed by atoms with Crippen LogP contribution in [0.2, 0.25) is 0 Å². The summed E-state index contributed by atoms with van der Waals surface area (Å²) in [5.74, 6) is 3.62. The fourth-order valence-electron chi connectivity index (χ4n) is 9.03. The Balaban J connectivity index is 0.971. The number of ketones is 3. The van der Waals surface area contributed by atoms with E-state index in [0.717, 1.165) is 121 Å². The van der Waals surface area contributed by atoms with Gasteiger partial charge in [0.05, 0.1) is 18.3 Å². The van der Waals surface area contributed by atoms with E-state index in [1.165, 1.54) is 12.8 Å². The molecule has 5 fully saturated rings. The molecule has 5 nitrogen and oxygen atoms in total. The molecule has 5 rings (SSSR count). The minimum absolute atomic E-state index is 0.163. The number of Topliss-reactive ketones (excluding diaryl/α,β-unsaturated/α-hetero) is 3. The van der Waals surface area contributed by atoms with Crippen LogP contribution in [0.1, 0.15) is 135 Å². The maximum absolute atomic E-state index is 13.4. The first-order valence-corrected chi connectivity index (χ1v) is 17.2. The van der Waals surface area contributed by atoms with Gasteiger partial charge >= 0.3 is 0 Å². The second kappa shape index (κ2) is 14.4. The maximum Gasteiger partial charge on any atom is 0.139 e. The first kappa shape index (κ1) is 30.4. The predicted molar refractivity (Wildman–Crippen MR) is 157 cm³/mol. The second-order valence-electron chi connectivity index (χ2n) is 14.5. The van der Waals surface area contributed by atoms with Gasteiger partial charge < -0.3 is 9.47 Å². The van der Waals surface area contributed by atoms with Crippen molar-refractivity contribution in [1.29, 1.82) is 0 Å². The highest BCUT2D eigenvalue weighted by molar-refractivity contribution is 5.86. The number of carbonyl (C=O) groups is 3. The van der Waals surface area contributed by atoms with Gasteiger partial charge in [0.25, 0.3) is 0 Å². The van der Waals surface area contributed by atoms with Crippen LogP contribution in [0.15, 0.2) is 0 Å². The summed E-state index contributed by atoms with van der Waals surface area (Å²) in [4.78, 5) is 39.5. The van der Waals surface area contributed by atoms with Crippen LogP contribution in [0, 0.1) is 41.4 Å². The summed E-state index contributed by atoms with van der Waals surface area (Å²) in [5, 5.41) is 0. The zero-order valence-electron chi connectivity index (χ0n) is 25.5. The molecule has 5 aliphatic carbocycles. The summed E-state index contributed by atoms with van der Waals surface area (Å²) in [5.41, 5.74) is 0. The molecule has 226 valence electrons. The number of ether oxygens (including phenoxy) is 2. The number of hydrogen-bond donors (Lipinski definition) is 0. The van der Waals surface area contributed by atoms with Gasteiger partial charge in [-0.25, -0.2) is 0 Å². The molecule has 0 atom stereocenters. The first-order valence-electron chi connectivity index (χ1n) is 17.2. The van der Waals surface area contributed by atoms with E-state index in [1.54, 1.807) is 7.11 Å². The lowest BCUT2D eigenvalue weighted by Crippen LogP contribution is -2.36. The average molecular weight is 557 g/mol. The lowest BCUT2D eigenvalue weighted by atomic mass is 9.70. The van der Waals surface area contributed by atoms with E-state index in [9.17, 15) is 14.4 Å². The molecule has 5 heteroatoms. The van der Waals surface area contributed by atoms with E-state index in [0.29, 0.717) is 35.5 Å². The maximum atomic E-state index is 13.4. The molecule has 5 aliphatic rings. The molecule has 5 saturated carbocycles. The van der Waals surface area contributed by atoms with Crippen molar-refractivity contribution in [2.75, 3.05) is 7.11 Å². The molecule has 0 radical (unpaired) electrons. The molecule has 0 amide bonds. The van der Waals surface area contributed by atoms with Crippen molar-refractivity contribution in [2.45, 2.75) is 154 Å². The van der Waals surface area contributed by atoms with E-state index in [-0.39, 0.29) is 35.7 Å². The summed E-state index contributed by atoms with van der Waals surface area (Å²) in [6.45, 7) is 2.32. The molecule has 0 bridgehead atoms. The van der Waals surface area contributed by atoms with E-state index in [4.69, 9.17) is 9.47 Å². The Bertz CT molecular complexity index is 828. The summed E-state index contributed by atoms with van der Waals surface area (Å²) in [6.07, 6.45) is 21.1. The first-order chi connectivity index (χ1) is 19.4. The topological polar surface area (TPSA) is 69.7 Å². The summed E-state index contributed by atoms with van der Waals surface area (Å²) in [6, 6.07) is 0. The molecule has 0 aromatic carbocycles. The van der Waals surface area contributed by atoms with Crippen molar-refractivity contribution in [3.05, 3.63) is 0 Å². The highest BCUT2D eigenvalue weighted by Crippen LogP contribution is 2.40. The van der Waals surface area contributed by atoms with Gasteiger partial charge in [0.1, 0.15) is 17.3 Å². The van der Waals surface area contributed by atoms with Crippen molar-refractivity contribution in [2.24, 2.45) is 41.4 Å². The van der Waals surface area contributed by atoms with Crippen molar-refractivity contribution in [1.82, 2.24) is 0 Å². The average Bonchev–Trinajstić information content (AvgIpc) is 3.01. The van der Waals surface area contributed by atoms with E-state index in [2.05, 4.69) is 6.92 Å². The van der Waals surface area contributed by atoms with Crippen molar-refractivity contribution in [3.8, 4) is 0 Å². The second-order valence-corrected chi connectivity index (χ2v) is 14.5. The number of carbonyl (C=O) groups excluding carboxylic acids is 3. The van der Waals surface area contributed by atoms with Crippen LogP contribution in [0.25, 0.3) is 0 Å². The molecule has 0 unspecified atom stereocenters. The highest BCUT2D eigenvalue weighted by atomic mass is 16.5. The van der Waals surface area contributed by atoms with E-state index >= 15 is 0 Å². The third-order valence-corrected chi connectivity index (χ3v) is 11.9. The summed E-state index contributed by atoms with van der Waals surface area (Å²) >= 11 is 0. The minimum atomic E-state index is 0.163. The van der Waals surface area contributed by atoms with Gasteiger partial charge in [0.2, 0.25) is 0 Å². The van der Waals surface area contributed by atoms with Gasteiger partial charge in [0.15, 0.2) is 0 Å². The fourth-order valence-corrected chi connectivity index (χ4v) is 9.03. The molecule has 0 N–H and O–H groups in total. The lowest BCUT2D eigenvalue weighted by Gasteiger charge is -2.36. The molecule has 0 saturated heterocycles. The van der Waals surface area contributed by atoms with Crippen molar-refractivity contribution >= 4 is 17.3 Å². The normalized spacial score (nSPS) is 41.2. The van der Waals surface area contributed by atoms with E-state index in [1.807, 2.05) is 0 Å². The minimum Gasteiger partial charge on any atom is -0.381 e. The van der Waals surface area contributed by atoms with E-state index < -0.39 is 0 Å². The Hall–Kier alpha value is -1.07. The van der Waals surface area contributed by atoms with Crippen LogP contribution in [0.5, 0.6) is 0 Å². The third-order valence-electron chi connectivity index (χ3n) is 11.9. The third kappa shape index (κ3) is 7.65. The van der Waals surface area contributed by atoms with Crippen LogP contribution in [0.3, 0.4) is 0 Å². The zero-order valence-corrected chi connectivity index (χ0v) is 25.5. The molecule has 0 heterocycles. The molecule has 0 aromatic heterocycles. The van der Waals surface area contributed by atoms with Crippen LogP contribution in [0.4, 0.5) is 0 Å². The number of methoxy groups -OCH3 is 1. The van der Waals surface area contributed by atoms with Gasteiger partial charge in [-0.1, -0.05) is 19.8 Å². The van der Waals surface area contributed by atoms with Crippen LogP contribution < -0.4 is 0 Å². The van der Waals surface area contributed by atoms with Crippen molar-refractivity contribution < 1.29 is 23.9 Å². The smallest absolute Gasteiger partial charge is 0.139 e. The molecular formula is C35H56O5. The molecular weight excluding hydrogens is 500 g/mol. The highest BCUT2D eigenvalue weighted by Gasteiger charge is 2.38. The van der Waals surface area contributed by atoms with Crippen LogP contribution in [-0.2, 0) is 23.9 Å². The standard InChI is InChI=1S/C35H56O5/c1-23-3-5-24(6-4-23)33(36)28-13-19-31(20-14-28)40-32-21-15-29(16-22-32)35(38)26-9-7-25(8-10-26)34(37)27-11-17-30(39-2)18-12-27/h23-32H,3-22H2,1-2H3. The Morgan fingerprint density at radius 3 is 0.950 bits per heavy atom. The van der Waals surface area contributed by atoms with Gasteiger partial charge in [-0.3, -0.25) is 14.4 Å². The van der Waals surface area contributed by atoms with Crippen LogP contribution in [-0.4, -0.2) is 42.8 Å². The molecule has 40 heavy (non-hydrogen) atoms. The largest absolute Gasteiger partial charge is 0.381 e. The monoisotopic (exact) mass is 556 g/mol. The SMILES string of the molecule is COC1CCC(C(=O)C2CCC(C(=O)C3CCC(OC4CCC(C(=O)C5CCC(C)CC5)CC4)CC3)CC2)CC1. The Morgan fingerprint density at radius 1 is 0.400 bits per heavy atom. The Morgan fingerprint density at radius 2 is 0.650 bits per heavy atom. The van der Waals surface area contributed by atoms with Gasteiger partial charge in [0, 0.05) is 42.6 Å². The lowest BCUT2D eigenvalue weighted by molar-refractivity contribution is -0.135. The zero-order chi connectivity index (χ0) is 28.1. The predicted octanol–water partition coefficient (Wildman–Crippen LogP) is 7.67. The molecule has 0 aromatic rings. The van der Waals surface area contributed by atoms with Gasteiger partial charge in [-0.05, 0) is 121 Å². The van der Waals surface area contributed by atoms with Crippen molar-refractivity contribution in [3.63, 3.8) is 0 Å². The van der Waals surface area contributed by atoms with Gasteiger partial charge in [-0.2, -0.15) is 0 Å². The van der Waals surface area contributed by atoms with Crippen LogP contribution >= 0.6 is 0 Å². The van der Waals surface area contributed by atoms with Gasteiger partial charge in [-0.15, -0.1) is 0 Å². The Labute approximate surface area is 243 Å². The quantitative estimate of drug-likeness (QED) is 0.291.